The fourth-order valence-corrected chi connectivity index (χ4v) is 2.26. The summed E-state index contributed by atoms with van der Waals surface area (Å²) in [5.41, 5.74) is 5.74. The van der Waals surface area contributed by atoms with Gasteiger partial charge in [0.25, 0.3) is 0 Å². The van der Waals surface area contributed by atoms with Crippen LogP contribution in [-0.2, 0) is 0 Å². The molecule has 1 rings (SSSR count). The molecular formula is C12H27N3. The van der Waals surface area contributed by atoms with Crippen molar-refractivity contribution in [1.82, 2.24) is 10.2 Å². The van der Waals surface area contributed by atoms with Crippen molar-refractivity contribution in [2.24, 2.45) is 23.5 Å². The number of nitrogens with one attached hydrogen (secondary N) is 1. The van der Waals surface area contributed by atoms with Crippen LogP contribution in [0.2, 0.25) is 0 Å². The maximum atomic E-state index is 5.74. The summed E-state index contributed by atoms with van der Waals surface area (Å²) in [6, 6.07) is 0. The van der Waals surface area contributed by atoms with Gasteiger partial charge >= 0.3 is 0 Å². The molecule has 3 heteroatoms. The molecule has 2 atom stereocenters. The van der Waals surface area contributed by atoms with Crippen LogP contribution < -0.4 is 11.1 Å². The van der Waals surface area contributed by atoms with Gasteiger partial charge < -0.3 is 16.0 Å². The standard InChI is InChI=1S/C12H27N3/c1-10(2)12(6-13)8-14-7-11-4-5-15(3)9-11/h10-12,14H,4-9,13H2,1-3H3. The van der Waals surface area contributed by atoms with Gasteiger partial charge in [0.2, 0.25) is 0 Å². The van der Waals surface area contributed by atoms with Gasteiger partial charge in [0, 0.05) is 6.54 Å². The molecule has 0 amide bonds. The highest BCUT2D eigenvalue weighted by Gasteiger charge is 2.19. The molecule has 1 saturated heterocycles. The van der Waals surface area contributed by atoms with E-state index in [0.717, 1.165) is 25.6 Å². The molecular weight excluding hydrogens is 186 g/mol. The highest BCUT2D eigenvalue weighted by atomic mass is 15.1. The molecule has 1 heterocycles. The first-order valence-corrected chi connectivity index (χ1v) is 6.22. The second-order valence-corrected chi connectivity index (χ2v) is 5.31. The average molecular weight is 213 g/mol. The molecule has 3 nitrogen and oxygen atoms in total. The molecule has 1 fully saturated rings. The quantitative estimate of drug-likeness (QED) is 0.684. The summed E-state index contributed by atoms with van der Waals surface area (Å²) in [5.74, 6) is 2.17. The van der Waals surface area contributed by atoms with Crippen LogP contribution in [0, 0.1) is 17.8 Å². The third kappa shape index (κ3) is 4.49. The minimum Gasteiger partial charge on any atom is -0.330 e. The topological polar surface area (TPSA) is 41.3 Å². The Morgan fingerprint density at radius 1 is 1.47 bits per heavy atom. The minimum absolute atomic E-state index is 0.629. The summed E-state index contributed by atoms with van der Waals surface area (Å²) in [7, 11) is 2.21. The number of likely N-dealkylation sites (tertiary alicyclic amines) is 1. The zero-order chi connectivity index (χ0) is 11.3. The van der Waals surface area contributed by atoms with Crippen molar-refractivity contribution in [3.63, 3.8) is 0 Å². The first-order valence-electron chi connectivity index (χ1n) is 6.22. The summed E-state index contributed by atoms with van der Waals surface area (Å²) in [4.78, 5) is 2.41. The summed E-state index contributed by atoms with van der Waals surface area (Å²) in [6.45, 7) is 10.1. The van der Waals surface area contributed by atoms with Gasteiger partial charge in [0.1, 0.15) is 0 Å². The van der Waals surface area contributed by atoms with E-state index in [0.29, 0.717) is 11.8 Å². The molecule has 0 aliphatic carbocycles. The van der Waals surface area contributed by atoms with Crippen molar-refractivity contribution in [3.05, 3.63) is 0 Å². The molecule has 3 N–H and O–H groups in total. The van der Waals surface area contributed by atoms with Crippen molar-refractivity contribution < 1.29 is 0 Å². The van der Waals surface area contributed by atoms with Gasteiger partial charge in [-0.15, -0.1) is 0 Å². The first-order chi connectivity index (χ1) is 7.13. The SMILES string of the molecule is CC(C)C(CN)CNCC1CCN(C)C1. The smallest absolute Gasteiger partial charge is 0.00192 e. The van der Waals surface area contributed by atoms with E-state index in [1.807, 2.05) is 0 Å². The largest absolute Gasteiger partial charge is 0.330 e. The van der Waals surface area contributed by atoms with Gasteiger partial charge in [-0.05, 0) is 57.4 Å². The van der Waals surface area contributed by atoms with Crippen LogP contribution in [0.15, 0.2) is 0 Å². The van der Waals surface area contributed by atoms with E-state index < -0.39 is 0 Å². The third-order valence-electron chi connectivity index (χ3n) is 3.57. The fourth-order valence-electron chi connectivity index (χ4n) is 2.26. The maximum Gasteiger partial charge on any atom is 0.00192 e. The van der Waals surface area contributed by atoms with E-state index in [2.05, 4.69) is 31.1 Å². The second-order valence-electron chi connectivity index (χ2n) is 5.31. The van der Waals surface area contributed by atoms with Gasteiger partial charge in [0.15, 0.2) is 0 Å². The molecule has 0 aromatic carbocycles. The van der Waals surface area contributed by atoms with Crippen LogP contribution in [0.4, 0.5) is 0 Å². The van der Waals surface area contributed by atoms with Crippen LogP contribution in [-0.4, -0.2) is 44.7 Å². The van der Waals surface area contributed by atoms with E-state index in [-0.39, 0.29) is 0 Å². The third-order valence-corrected chi connectivity index (χ3v) is 3.57. The number of hydrogen-bond donors (Lipinski definition) is 2. The van der Waals surface area contributed by atoms with Crippen molar-refractivity contribution >= 4 is 0 Å². The van der Waals surface area contributed by atoms with Crippen LogP contribution in [0.25, 0.3) is 0 Å². The lowest BCUT2D eigenvalue weighted by atomic mass is 9.96. The Morgan fingerprint density at radius 3 is 2.67 bits per heavy atom. The average Bonchev–Trinajstić information content (AvgIpc) is 2.58. The molecule has 1 aliphatic heterocycles. The molecule has 0 saturated carbocycles. The van der Waals surface area contributed by atoms with E-state index in [9.17, 15) is 0 Å². The van der Waals surface area contributed by atoms with E-state index >= 15 is 0 Å². The fraction of sp³-hybridized carbons (Fsp3) is 1.00. The van der Waals surface area contributed by atoms with Gasteiger partial charge in [-0.3, -0.25) is 0 Å². The first kappa shape index (κ1) is 12.9. The van der Waals surface area contributed by atoms with E-state index in [1.54, 1.807) is 0 Å². The van der Waals surface area contributed by atoms with E-state index in [1.165, 1.54) is 19.5 Å². The lowest BCUT2D eigenvalue weighted by Crippen LogP contribution is -2.34. The number of rotatable bonds is 6. The number of nitrogens with zero attached hydrogens (tertiary/aromatic N) is 1. The monoisotopic (exact) mass is 213 g/mol. The predicted octanol–water partition coefficient (Wildman–Crippen LogP) is 0.759. The molecule has 0 bridgehead atoms. The van der Waals surface area contributed by atoms with Crippen molar-refractivity contribution in [1.29, 1.82) is 0 Å². The molecule has 0 radical (unpaired) electrons. The Hall–Kier alpha value is -0.120. The van der Waals surface area contributed by atoms with Crippen LogP contribution >= 0.6 is 0 Å². The molecule has 2 unspecified atom stereocenters. The number of nitrogens with two attached hydrogens (primary N) is 1. The Balaban J connectivity index is 2.10. The predicted molar refractivity (Wildman–Crippen MR) is 65.9 cm³/mol. The zero-order valence-corrected chi connectivity index (χ0v) is 10.5. The zero-order valence-electron chi connectivity index (χ0n) is 10.5. The van der Waals surface area contributed by atoms with Crippen LogP contribution in [0.3, 0.4) is 0 Å². The number of hydrogen-bond acceptors (Lipinski definition) is 3. The van der Waals surface area contributed by atoms with Crippen molar-refractivity contribution in [2.45, 2.75) is 20.3 Å². The minimum atomic E-state index is 0.629. The highest BCUT2D eigenvalue weighted by molar-refractivity contribution is 4.76. The van der Waals surface area contributed by atoms with Crippen LogP contribution in [0.1, 0.15) is 20.3 Å². The molecule has 15 heavy (non-hydrogen) atoms. The molecule has 1 aliphatic rings. The van der Waals surface area contributed by atoms with Crippen molar-refractivity contribution in [3.8, 4) is 0 Å². The summed E-state index contributed by atoms with van der Waals surface area (Å²) in [5, 5.41) is 3.57. The molecule has 0 aromatic heterocycles. The van der Waals surface area contributed by atoms with Gasteiger partial charge in [-0.1, -0.05) is 13.8 Å². The maximum absolute atomic E-state index is 5.74. The molecule has 90 valence electrons. The lowest BCUT2D eigenvalue weighted by molar-refractivity contribution is 0.348. The van der Waals surface area contributed by atoms with Gasteiger partial charge in [-0.2, -0.15) is 0 Å². The Labute approximate surface area is 94.4 Å². The lowest BCUT2D eigenvalue weighted by Gasteiger charge is -2.20. The van der Waals surface area contributed by atoms with Gasteiger partial charge in [0.05, 0.1) is 0 Å². The Bertz CT molecular complexity index is 170. The van der Waals surface area contributed by atoms with Crippen LogP contribution in [0.5, 0.6) is 0 Å². The molecule has 0 aromatic rings. The second kappa shape index (κ2) is 6.46. The Kier molecular flexibility index (Phi) is 5.58. The van der Waals surface area contributed by atoms with Gasteiger partial charge in [-0.25, -0.2) is 0 Å². The highest BCUT2D eigenvalue weighted by Crippen LogP contribution is 2.13. The molecule has 0 spiro atoms. The van der Waals surface area contributed by atoms with Crippen molar-refractivity contribution in [2.75, 3.05) is 39.8 Å². The van der Waals surface area contributed by atoms with E-state index in [4.69, 9.17) is 5.73 Å². The summed E-state index contributed by atoms with van der Waals surface area (Å²) in [6.07, 6.45) is 1.35. The Morgan fingerprint density at radius 2 is 2.20 bits per heavy atom. The summed E-state index contributed by atoms with van der Waals surface area (Å²) < 4.78 is 0. The summed E-state index contributed by atoms with van der Waals surface area (Å²) >= 11 is 0. The normalized spacial score (nSPS) is 25.0.